The Hall–Kier alpha value is -2.51. The SMILES string of the molecule is CC(C)(C)OC(=O)N1CC2CC(C1)CN(c1cnc3cc(F)c(F)cc3n1)C2. The van der Waals surface area contributed by atoms with Crippen molar-refractivity contribution in [3.8, 4) is 0 Å². The largest absolute Gasteiger partial charge is 0.444 e. The second kappa shape index (κ2) is 6.83. The van der Waals surface area contributed by atoms with Crippen LogP contribution in [0, 0.1) is 23.5 Å². The number of nitrogens with zero attached hydrogens (tertiary/aromatic N) is 4. The normalized spacial score (nSPS) is 22.5. The number of ether oxygens (including phenoxy) is 1. The zero-order valence-corrected chi connectivity index (χ0v) is 16.3. The Morgan fingerprint density at radius 2 is 1.68 bits per heavy atom. The highest BCUT2D eigenvalue weighted by Gasteiger charge is 2.37. The van der Waals surface area contributed by atoms with E-state index in [1.807, 2.05) is 20.8 Å². The van der Waals surface area contributed by atoms with Crippen LogP contribution >= 0.6 is 0 Å². The molecule has 2 bridgehead atoms. The third-order valence-electron chi connectivity index (χ3n) is 5.13. The van der Waals surface area contributed by atoms with E-state index in [4.69, 9.17) is 4.74 Å². The number of aromatic nitrogens is 2. The maximum atomic E-state index is 13.5. The number of benzene rings is 1. The van der Waals surface area contributed by atoms with Gasteiger partial charge >= 0.3 is 6.09 Å². The van der Waals surface area contributed by atoms with Crippen molar-refractivity contribution in [1.29, 1.82) is 0 Å². The average molecular weight is 390 g/mol. The van der Waals surface area contributed by atoms with E-state index < -0.39 is 17.2 Å². The first kappa shape index (κ1) is 18.8. The fourth-order valence-corrected chi connectivity index (χ4v) is 4.09. The quantitative estimate of drug-likeness (QED) is 0.745. The molecular formula is C20H24F2N4O2. The Labute approximate surface area is 162 Å². The highest BCUT2D eigenvalue weighted by molar-refractivity contribution is 5.75. The molecule has 1 aromatic heterocycles. The van der Waals surface area contributed by atoms with Gasteiger partial charge in [0, 0.05) is 38.3 Å². The number of carbonyl (C=O) groups excluding carboxylic acids is 1. The van der Waals surface area contributed by atoms with Crippen molar-refractivity contribution in [3.05, 3.63) is 30.0 Å². The van der Waals surface area contributed by atoms with E-state index in [9.17, 15) is 13.6 Å². The second-order valence-electron chi connectivity index (χ2n) is 8.74. The number of hydrogen-bond donors (Lipinski definition) is 0. The molecule has 1 amide bonds. The van der Waals surface area contributed by atoms with Crippen molar-refractivity contribution in [2.24, 2.45) is 11.8 Å². The summed E-state index contributed by atoms with van der Waals surface area (Å²) in [6.07, 6.45) is 2.39. The predicted molar refractivity (Wildman–Crippen MR) is 101 cm³/mol. The second-order valence-corrected chi connectivity index (χ2v) is 8.74. The molecule has 0 N–H and O–H groups in total. The lowest BCUT2D eigenvalue weighted by molar-refractivity contribution is 0.00759. The molecule has 8 heteroatoms. The number of amides is 1. The van der Waals surface area contributed by atoms with Crippen LogP contribution in [-0.2, 0) is 4.74 Å². The van der Waals surface area contributed by atoms with Gasteiger partial charge in [0.25, 0.3) is 0 Å². The molecule has 2 fully saturated rings. The topological polar surface area (TPSA) is 58.6 Å². The first-order chi connectivity index (χ1) is 13.2. The number of carbonyl (C=O) groups is 1. The number of fused-ring (bicyclic) bond motifs is 3. The van der Waals surface area contributed by atoms with Gasteiger partial charge in [-0.1, -0.05) is 0 Å². The average Bonchev–Trinajstić information content (AvgIpc) is 2.60. The van der Waals surface area contributed by atoms with Gasteiger partial charge in [-0.2, -0.15) is 0 Å². The van der Waals surface area contributed by atoms with Crippen molar-refractivity contribution in [1.82, 2.24) is 14.9 Å². The van der Waals surface area contributed by atoms with Crippen LogP contribution in [0.15, 0.2) is 18.3 Å². The molecule has 0 aliphatic carbocycles. The minimum Gasteiger partial charge on any atom is -0.444 e. The van der Waals surface area contributed by atoms with Crippen molar-refractivity contribution >= 4 is 22.9 Å². The van der Waals surface area contributed by atoms with Crippen LogP contribution in [0.2, 0.25) is 0 Å². The summed E-state index contributed by atoms with van der Waals surface area (Å²) in [6.45, 7) is 8.35. The Bertz CT molecular complexity index is 901. The number of piperidine rings is 2. The highest BCUT2D eigenvalue weighted by Crippen LogP contribution is 2.32. The van der Waals surface area contributed by atoms with Crippen LogP contribution in [0.4, 0.5) is 19.4 Å². The third-order valence-corrected chi connectivity index (χ3v) is 5.13. The zero-order valence-electron chi connectivity index (χ0n) is 16.3. The molecule has 0 spiro atoms. The molecule has 2 unspecified atom stereocenters. The number of anilines is 1. The molecule has 150 valence electrons. The minimum absolute atomic E-state index is 0.265. The van der Waals surface area contributed by atoms with Crippen LogP contribution < -0.4 is 4.90 Å². The van der Waals surface area contributed by atoms with Crippen LogP contribution in [0.25, 0.3) is 11.0 Å². The third kappa shape index (κ3) is 3.86. The summed E-state index contributed by atoms with van der Waals surface area (Å²) >= 11 is 0. The molecule has 2 aliphatic rings. The monoisotopic (exact) mass is 390 g/mol. The van der Waals surface area contributed by atoms with Crippen LogP contribution in [0.1, 0.15) is 27.2 Å². The fourth-order valence-electron chi connectivity index (χ4n) is 4.09. The number of rotatable bonds is 1. The molecule has 2 atom stereocenters. The number of likely N-dealkylation sites (tertiary alicyclic amines) is 1. The summed E-state index contributed by atoms with van der Waals surface area (Å²) in [7, 11) is 0. The van der Waals surface area contributed by atoms with Gasteiger partial charge in [-0.25, -0.2) is 18.6 Å². The van der Waals surface area contributed by atoms with Crippen molar-refractivity contribution in [2.75, 3.05) is 31.1 Å². The van der Waals surface area contributed by atoms with Gasteiger partial charge in [0.2, 0.25) is 0 Å². The Balaban J connectivity index is 1.49. The van der Waals surface area contributed by atoms with E-state index in [0.29, 0.717) is 41.8 Å². The van der Waals surface area contributed by atoms with Crippen molar-refractivity contribution in [3.63, 3.8) is 0 Å². The molecule has 2 saturated heterocycles. The summed E-state index contributed by atoms with van der Waals surface area (Å²) < 4.78 is 32.4. The van der Waals surface area contributed by atoms with E-state index in [2.05, 4.69) is 14.9 Å². The van der Waals surface area contributed by atoms with Crippen molar-refractivity contribution in [2.45, 2.75) is 32.8 Å². The lowest BCUT2D eigenvalue weighted by Gasteiger charge is -2.46. The fraction of sp³-hybridized carbons (Fsp3) is 0.550. The first-order valence-corrected chi connectivity index (χ1v) is 9.52. The molecule has 3 heterocycles. The molecule has 2 aliphatic heterocycles. The van der Waals surface area contributed by atoms with Gasteiger partial charge in [0.05, 0.1) is 17.2 Å². The summed E-state index contributed by atoms with van der Waals surface area (Å²) in [5.41, 5.74) is 0.156. The van der Waals surface area contributed by atoms with Gasteiger partial charge < -0.3 is 14.5 Å². The zero-order chi connectivity index (χ0) is 20.1. The Morgan fingerprint density at radius 1 is 1.07 bits per heavy atom. The molecular weight excluding hydrogens is 366 g/mol. The van der Waals surface area contributed by atoms with E-state index in [1.54, 1.807) is 11.1 Å². The van der Waals surface area contributed by atoms with Crippen molar-refractivity contribution < 1.29 is 18.3 Å². The molecule has 2 aromatic rings. The molecule has 6 nitrogen and oxygen atoms in total. The van der Waals surface area contributed by atoms with E-state index in [0.717, 1.165) is 31.6 Å². The molecule has 4 rings (SSSR count). The molecule has 0 radical (unpaired) electrons. The highest BCUT2D eigenvalue weighted by atomic mass is 19.2. The Morgan fingerprint density at radius 3 is 2.29 bits per heavy atom. The Kier molecular flexibility index (Phi) is 4.59. The van der Waals surface area contributed by atoms with E-state index in [-0.39, 0.29) is 6.09 Å². The van der Waals surface area contributed by atoms with Gasteiger partial charge in [0.15, 0.2) is 11.6 Å². The first-order valence-electron chi connectivity index (χ1n) is 9.52. The summed E-state index contributed by atoms with van der Waals surface area (Å²) in [5.74, 6) is -0.587. The lowest BCUT2D eigenvalue weighted by Crippen LogP contribution is -2.55. The van der Waals surface area contributed by atoms with E-state index >= 15 is 0 Å². The summed E-state index contributed by atoms with van der Waals surface area (Å²) in [6, 6.07) is 2.14. The molecule has 28 heavy (non-hydrogen) atoms. The van der Waals surface area contributed by atoms with Gasteiger partial charge in [-0.3, -0.25) is 4.98 Å². The van der Waals surface area contributed by atoms with Crippen LogP contribution in [0.5, 0.6) is 0 Å². The van der Waals surface area contributed by atoms with Crippen LogP contribution in [-0.4, -0.2) is 52.7 Å². The molecule has 0 saturated carbocycles. The maximum Gasteiger partial charge on any atom is 0.410 e. The van der Waals surface area contributed by atoms with E-state index in [1.165, 1.54) is 0 Å². The van der Waals surface area contributed by atoms with Gasteiger partial charge in [-0.05, 0) is 39.0 Å². The lowest BCUT2D eigenvalue weighted by atomic mass is 9.85. The smallest absolute Gasteiger partial charge is 0.410 e. The minimum atomic E-state index is -0.928. The standard InChI is InChI=1S/C20H24F2N4O2/c1-20(2,3)28-19(27)26-10-12-4-13(11-26)9-25(8-12)18-7-23-16-5-14(21)15(22)6-17(16)24-18/h5-7,12-13H,4,8-11H2,1-3H3. The number of halogens is 2. The molecule has 1 aromatic carbocycles. The van der Waals surface area contributed by atoms with Gasteiger partial charge in [0.1, 0.15) is 11.4 Å². The van der Waals surface area contributed by atoms with Gasteiger partial charge in [-0.15, -0.1) is 0 Å². The van der Waals surface area contributed by atoms with Crippen LogP contribution in [0.3, 0.4) is 0 Å². The summed E-state index contributed by atoms with van der Waals surface area (Å²) in [5, 5.41) is 0. The summed E-state index contributed by atoms with van der Waals surface area (Å²) in [4.78, 5) is 25.0. The maximum absolute atomic E-state index is 13.5. The number of hydrogen-bond acceptors (Lipinski definition) is 5. The predicted octanol–water partition coefficient (Wildman–Crippen LogP) is 3.60.